The maximum absolute atomic E-state index is 6.74. The summed E-state index contributed by atoms with van der Waals surface area (Å²) in [5, 5.41) is 6.16. The van der Waals surface area contributed by atoms with E-state index in [1.165, 1.54) is 10.4 Å². The van der Waals surface area contributed by atoms with Gasteiger partial charge in [-0.2, -0.15) is 55.4 Å². The van der Waals surface area contributed by atoms with Crippen molar-refractivity contribution in [3.05, 3.63) is 152 Å². The van der Waals surface area contributed by atoms with Gasteiger partial charge in [0.2, 0.25) is 0 Å². The standard InChI is InChI=1S/C11H20Si2.C10H17ClSi2.C9H14Cl2Si2.C8H11Cl3Si2.C7H8Cl4Si2.C6H18Si2.C5H15ClSi2.C3H8Cl4Si2.CH3Cl5Si2/c1-12(2,3)13(4,5)11-9-7-6-8-10-11;1-12(2,3)13(4,11)10-8-6-5-7-9-10;1-12(2,10)13(3,11)9-7-5-4-6-8-9;1-12(2,9)13(10,11)8-6-4-3-5-7-8;1-12(8,9)13(10,11)7-5-3-2-4-6-7;2*1-7(2,3)8(4,5)6;1-3-9(6,7)8(2,4)5;1-7(2,3)8(4,5)6/h6-10H,1-5H3;5-9H,1-4H3;4-8H,1-3H3;3-7H,1-2H3;2-6H,1H3;1-6H3;1-5H3;3H2,1-2H3;1H3. The van der Waals surface area contributed by atoms with E-state index < -0.39 is 123 Å². The zero-order valence-corrected chi connectivity index (χ0v) is 96.3. The van der Waals surface area contributed by atoms with E-state index in [4.69, 9.17) is 222 Å². The molecule has 38 heteroatoms. The van der Waals surface area contributed by atoms with Gasteiger partial charge in [-0.05, 0) is 46.4 Å². The molecule has 0 amide bonds. The minimum atomic E-state index is -2.77. The van der Waals surface area contributed by atoms with Gasteiger partial charge in [-0.25, -0.2) is 0 Å². The van der Waals surface area contributed by atoms with Crippen molar-refractivity contribution >= 4 is 370 Å². The summed E-state index contributed by atoms with van der Waals surface area (Å²) in [5.41, 5.74) is -2.77. The van der Waals surface area contributed by atoms with Crippen LogP contribution in [0.25, 0.3) is 0 Å². The first-order valence-electron chi connectivity index (χ1n) is 31.9. The Morgan fingerprint density at radius 1 is 0.214 bits per heavy atom. The predicted octanol–water partition coefficient (Wildman–Crippen LogP) is 28.6. The Bertz CT molecular complexity index is 2510. The van der Waals surface area contributed by atoms with Gasteiger partial charge in [0, 0.05) is 22.8 Å². The molecule has 0 nitrogen and oxygen atoms in total. The van der Waals surface area contributed by atoms with Gasteiger partial charge in [0.1, 0.15) is 6.90 Å². The number of benzene rings is 5. The maximum atomic E-state index is 6.74. The van der Waals surface area contributed by atoms with E-state index in [0.717, 1.165) is 16.4 Å². The highest BCUT2D eigenvalue weighted by molar-refractivity contribution is 8.02. The van der Waals surface area contributed by atoms with Crippen LogP contribution in [-0.4, -0.2) is 123 Å². The Morgan fingerprint density at radius 2 is 0.439 bits per heavy atom. The smallest absolute Gasteiger partial charge is 0.171 e. The van der Waals surface area contributed by atoms with Crippen LogP contribution in [0.15, 0.2) is 152 Å². The van der Waals surface area contributed by atoms with Crippen molar-refractivity contribution in [1.29, 1.82) is 0 Å². The van der Waals surface area contributed by atoms with Gasteiger partial charge in [-0.15, -0.1) is 166 Å². The maximum Gasteiger partial charge on any atom is 0.358 e. The molecule has 0 aliphatic carbocycles. The average molecular weight is 2050 g/mol. The molecule has 5 rings (SSSR count). The van der Waals surface area contributed by atoms with Crippen LogP contribution >= 0.6 is 222 Å². The Morgan fingerprint density at radius 3 is 0.592 bits per heavy atom. The van der Waals surface area contributed by atoms with E-state index in [0.29, 0.717) is 0 Å². The zero-order chi connectivity index (χ0) is 79.3. The molecular weight excluding hydrogens is 1940 g/mol. The normalized spacial score (nSPS) is 14.4. The summed E-state index contributed by atoms with van der Waals surface area (Å²) < 4.78 is 0. The van der Waals surface area contributed by atoms with Gasteiger partial charge in [0.25, 0.3) is 31.1 Å². The molecule has 0 aliphatic rings. The first-order valence-corrected chi connectivity index (χ1v) is 111. The monoisotopic (exact) mass is 2040 g/mol. The molecule has 0 radical (unpaired) electrons. The van der Waals surface area contributed by atoms with Crippen LogP contribution in [0.2, 0.25) is 189 Å². The fourth-order valence-corrected chi connectivity index (χ4v) is 37.7. The first kappa shape index (κ1) is 110. The topological polar surface area (TPSA) is 0 Å². The Kier molecular flexibility index (Phi) is 50.0. The third-order valence-electron chi connectivity index (χ3n) is 17.7. The molecule has 98 heavy (non-hydrogen) atoms. The molecule has 2 unspecified atom stereocenters. The van der Waals surface area contributed by atoms with E-state index >= 15 is 0 Å². The molecule has 566 valence electrons. The summed E-state index contributed by atoms with van der Waals surface area (Å²) >= 11 is 121. The van der Waals surface area contributed by atoms with Crippen LogP contribution in [0.3, 0.4) is 0 Å². The van der Waals surface area contributed by atoms with E-state index in [1.807, 2.05) is 98.9 Å². The van der Waals surface area contributed by atoms with Crippen molar-refractivity contribution in [2.75, 3.05) is 0 Å². The van der Waals surface area contributed by atoms with E-state index in [2.05, 4.69) is 223 Å². The van der Waals surface area contributed by atoms with Gasteiger partial charge in [-0.1, -0.05) is 327 Å². The second-order valence-electron chi connectivity index (χ2n) is 31.5. The summed E-state index contributed by atoms with van der Waals surface area (Å²) in [6.45, 7) is 57.1. The minimum absolute atomic E-state index is 0.720. The lowest BCUT2D eigenvalue weighted by Gasteiger charge is -2.35. The summed E-state index contributed by atoms with van der Waals surface area (Å²) in [6, 6.07) is 51.8. The summed E-state index contributed by atoms with van der Waals surface area (Å²) in [6.07, 6.45) is -14.6. The fourth-order valence-electron chi connectivity index (χ4n) is 5.77. The predicted molar refractivity (Wildman–Crippen MR) is 526 cm³/mol. The van der Waals surface area contributed by atoms with Gasteiger partial charge < -0.3 is 0 Å². The van der Waals surface area contributed by atoms with Crippen LogP contribution in [-0.2, 0) is 0 Å². The number of hydrogen-bond donors (Lipinski definition) is 0. The van der Waals surface area contributed by atoms with Crippen LogP contribution in [0.1, 0.15) is 6.92 Å². The van der Waals surface area contributed by atoms with Crippen molar-refractivity contribution in [1.82, 2.24) is 0 Å². The average Bonchev–Trinajstić information content (AvgIpc) is 0.823. The van der Waals surface area contributed by atoms with E-state index in [1.54, 1.807) is 24.8 Å². The van der Waals surface area contributed by atoms with Crippen molar-refractivity contribution in [3.63, 3.8) is 0 Å². The molecular formula is C60H114Cl20Si18. The molecule has 5 aromatic carbocycles. The molecule has 0 heterocycles. The van der Waals surface area contributed by atoms with Crippen LogP contribution in [0.4, 0.5) is 0 Å². The lowest BCUT2D eigenvalue weighted by molar-refractivity contribution is 1.45. The van der Waals surface area contributed by atoms with Gasteiger partial charge >= 0.3 is 11.7 Å². The van der Waals surface area contributed by atoms with Crippen LogP contribution < -0.4 is 25.9 Å². The van der Waals surface area contributed by atoms with E-state index in [-0.39, 0.29) is 0 Å². The zero-order valence-electron chi connectivity index (χ0n) is 63.2. The Labute approximate surface area is 708 Å². The van der Waals surface area contributed by atoms with E-state index in [9.17, 15) is 0 Å². The quantitative estimate of drug-likeness (QED) is 0.0724. The first-order chi connectivity index (χ1) is 42.8. The second-order valence-corrected chi connectivity index (χ2v) is 212. The molecule has 2 atom stereocenters. The van der Waals surface area contributed by atoms with Crippen LogP contribution in [0.5, 0.6) is 0 Å². The molecule has 0 bridgehead atoms. The van der Waals surface area contributed by atoms with Crippen LogP contribution in [0, 0.1) is 0 Å². The summed E-state index contributed by atoms with van der Waals surface area (Å²) in [5.74, 6) is 0. The molecule has 0 aromatic heterocycles. The largest absolute Gasteiger partial charge is 0.358 e. The lowest BCUT2D eigenvalue weighted by atomic mass is 10.4. The summed E-state index contributed by atoms with van der Waals surface area (Å²) in [7, 11) is -5.74. The van der Waals surface area contributed by atoms with Gasteiger partial charge in [-0.3, -0.25) is 0 Å². The fraction of sp³-hybridized carbons (Fsp3) is 0.500. The highest BCUT2D eigenvalue weighted by Crippen LogP contribution is 2.38. The molecule has 0 fully saturated rings. The van der Waals surface area contributed by atoms with Crippen molar-refractivity contribution < 1.29 is 0 Å². The van der Waals surface area contributed by atoms with Gasteiger partial charge in [0.05, 0.1) is 22.8 Å². The Hall–Kier alpha value is 5.80. The number of halogens is 20. The number of rotatable bonds is 15. The van der Waals surface area contributed by atoms with Crippen molar-refractivity contribution in [3.8, 4) is 0 Å². The summed E-state index contributed by atoms with van der Waals surface area (Å²) in [4.78, 5) is 0. The van der Waals surface area contributed by atoms with Gasteiger partial charge in [0.15, 0.2) is 27.6 Å². The highest BCUT2D eigenvalue weighted by Gasteiger charge is 2.53. The highest BCUT2D eigenvalue weighted by atomic mass is 35.9. The van der Waals surface area contributed by atoms with Crippen molar-refractivity contribution in [2.45, 2.75) is 196 Å². The Balaban J connectivity index is -0.000000511. The second kappa shape index (κ2) is 44.5. The molecule has 5 aromatic rings. The SMILES string of the molecule is CC[Si](Cl)(Cl)[Si](C)(Cl)Cl.C[Si](C)(C)[Si](C)(C)C.C[Si](C)(C)[Si](C)(C)Cl.C[Si](C)(C)[Si](C)(C)c1ccccc1.C[Si](C)(C)[Si](C)(Cl)c1ccccc1.C[Si](C)(Cl)[Si](C)(Cl)c1ccccc1.C[Si](C)(Cl)[Si](Cl)(Cl)c1ccccc1.C[Si](Cl)(Cl)[Si](Cl)(Cl)Cl.C[Si](Cl)(Cl)[Si](Cl)(Cl)c1ccccc1. The molecule has 0 aliphatic heterocycles. The molecule has 0 saturated carbocycles. The third kappa shape index (κ3) is 40.5. The lowest BCUT2D eigenvalue weighted by Crippen LogP contribution is -2.61. The minimum Gasteiger partial charge on any atom is -0.171 e. The molecule has 0 spiro atoms. The number of hydrogen-bond acceptors (Lipinski definition) is 0. The molecule has 0 N–H and O–H groups in total. The van der Waals surface area contributed by atoms with Crippen molar-refractivity contribution in [2.24, 2.45) is 0 Å². The third-order valence-corrected chi connectivity index (χ3v) is 207. The molecule has 0 saturated heterocycles.